The zero-order chi connectivity index (χ0) is 17.1. The summed E-state index contributed by atoms with van der Waals surface area (Å²) in [6.45, 7) is 0. The number of nitrogens with one attached hydrogen (secondary N) is 1. The molecule has 3 rings (SSSR count). The summed E-state index contributed by atoms with van der Waals surface area (Å²) < 4.78 is 16.4. The van der Waals surface area contributed by atoms with Crippen molar-refractivity contribution in [2.45, 2.75) is 0 Å². The lowest BCUT2D eigenvalue weighted by Gasteiger charge is -2.06. The summed E-state index contributed by atoms with van der Waals surface area (Å²) in [7, 11) is 0. The largest absolute Gasteiger partial charge is 0.444 e. The summed E-state index contributed by atoms with van der Waals surface area (Å²) in [5.74, 6) is -0.564. The summed E-state index contributed by atoms with van der Waals surface area (Å²) in [6.07, 6.45) is 0. The fourth-order valence-corrected chi connectivity index (χ4v) is 2.46. The number of hydrogen-bond donors (Lipinski definition) is 1. The van der Waals surface area contributed by atoms with Crippen LogP contribution in [0.5, 0.6) is 5.75 Å². The third-order valence-electron chi connectivity index (χ3n) is 2.87. The molecule has 0 spiro atoms. The van der Waals surface area contributed by atoms with Gasteiger partial charge in [-0.2, -0.15) is 0 Å². The molecule has 0 aliphatic carbocycles. The van der Waals surface area contributed by atoms with Crippen molar-refractivity contribution in [1.29, 1.82) is 0 Å². The minimum atomic E-state index is -0.640. The molecule has 0 radical (unpaired) electrons. The molecule has 0 fully saturated rings. The average molecular weight is 455 g/mol. The maximum atomic E-state index is 12.0. The summed E-state index contributed by atoms with van der Waals surface area (Å²) in [5, 5.41) is 2.65. The molecule has 0 saturated carbocycles. The Hall–Kier alpha value is -2.32. The van der Waals surface area contributed by atoms with Crippen LogP contribution in [0.15, 0.2) is 66.7 Å². The highest BCUT2D eigenvalue weighted by Crippen LogP contribution is 2.22. The van der Waals surface area contributed by atoms with Crippen molar-refractivity contribution in [2.24, 2.45) is 0 Å². The van der Waals surface area contributed by atoms with E-state index in [-0.39, 0.29) is 17.3 Å². The van der Waals surface area contributed by atoms with Crippen LogP contribution in [0.3, 0.4) is 0 Å². The van der Waals surface area contributed by atoms with Crippen LogP contribution >= 0.6 is 31.9 Å². The van der Waals surface area contributed by atoms with E-state index >= 15 is 0 Å². The predicted molar refractivity (Wildman–Crippen MR) is 92.2 cm³/mol. The van der Waals surface area contributed by atoms with Crippen molar-refractivity contribution in [3.63, 3.8) is 0 Å². The Balaban J connectivity index is 1.70. The molecular weight excluding hydrogens is 446 g/mol. The van der Waals surface area contributed by atoms with Gasteiger partial charge in [0.15, 0.2) is 15.1 Å². The van der Waals surface area contributed by atoms with Crippen molar-refractivity contribution in [2.75, 3.05) is 5.32 Å². The molecule has 0 unspecified atom stereocenters. The van der Waals surface area contributed by atoms with Gasteiger partial charge in [-0.1, -0.05) is 6.07 Å². The average Bonchev–Trinajstić information content (AvgIpc) is 3.16. The summed E-state index contributed by atoms with van der Waals surface area (Å²) in [6, 6.07) is 12.7. The molecule has 0 aliphatic rings. The molecule has 122 valence electrons. The lowest BCUT2D eigenvalue weighted by molar-refractivity contribution is 0.0700. The van der Waals surface area contributed by atoms with Gasteiger partial charge < -0.3 is 18.9 Å². The van der Waals surface area contributed by atoms with E-state index in [1.165, 1.54) is 18.2 Å². The Morgan fingerprint density at radius 1 is 0.917 bits per heavy atom. The topological polar surface area (TPSA) is 81.7 Å². The standard InChI is InChI=1S/C16H9Br2NO5/c17-13-6-4-11(23-13)15(20)19-9-2-1-3-10(8-9)22-16(21)12-5-7-14(18)24-12/h1-8H,(H,19,20). The van der Waals surface area contributed by atoms with Crippen molar-refractivity contribution < 1.29 is 23.2 Å². The Morgan fingerprint density at radius 2 is 1.58 bits per heavy atom. The molecule has 0 bridgehead atoms. The van der Waals surface area contributed by atoms with Crippen LogP contribution < -0.4 is 10.1 Å². The molecule has 1 N–H and O–H groups in total. The van der Waals surface area contributed by atoms with Crippen LogP contribution in [0.4, 0.5) is 5.69 Å². The van der Waals surface area contributed by atoms with E-state index < -0.39 is 11.9 Å². The summed E-state index contributed by atoms with van der Waals surface area (Å²) in [5.41, 5.74) is 0.457. The maximum Gasteiger partial charge on any atom is 0.379 e. The number of halogens is 2. The predicted octanol–water partition coefficient (Wildman–Crippen LogP) is 4.87. The first kappa shape index (κ1) is 16.5. The SMILES string of the molecule is O=C(Nc1cccc(OC(=O)c2ccc(Br)o2)c1)c1ccc(Br)o1. The second-order valence-corrected chi connectivity index (χ2v) is 6.14. The zero-order valence-corrected chi connectivity index (χ0v) is 15.1. The molecule has 6 nitrogen and oxygen atoms in total. The van der Waals surface area contributed by atoms with Crippen LogP contribution in [-0.2, 0) is 0 Å². The van der Waals surface area contributed by atoms with E-state index in [2.05, 4.69) is 37.2 Å². The third kappa shape index (κ3) is 3.95. The van der Waals surface area contributed by atoms with Gasteiger partial charge in [-0.05, 0) is 68.3 Å². The Bertz CT molecular complexity index is 830. The number of furan rings is 2. The first-order valence-corrected chi connectivity index (χ1v) is 8.24. The van der Waals surface area contributed by atoms with Gasteiger partial charge >= 0.3 is 5.97 Å². The van der Waals surface area contributed by atoms with E-state index in [0.29, 0.717) is 15.0 Å². The van der Waals surface area contributed by atoms with Gasteiger partial charge in [0, 0.05) is 11.8 Å². The van der Waals surface area contributed by atoms with Gasteiger partial charge in [0.05, 0.1) is 0 Å². The molecular formula is C16H9Br2NO5. The molecule has 24 heavy (non-hydrogen) atoms. The molecule has 2 aromatic heterocycles. The number of anilines is 1. The van der Waals surface area contributed by atoms with Crippen molar-refractivity contribution in [3.05, 3.63) is 69.4 Å². The minimum Gasteiger partial charge on any atom is -0.444 e. The smallest absolute Gasteiger partial charge is 0.379 e. The van der Waals surface area contributed by atoms with Gasteiger partial charge in [-0.25, -0.2) is 4.79 Å². The lowest BCUT2D eigenvalue weighted by Crippen LogP contribution is -2.11. The molecule has 0 aliphatic heterocycles. The first-order valence-electron chi connectivity index (χ1n) is 6.65. The van der Waals surface area contributed by atoms with E-state index in [4.69, 9.17) is 13.6 Å². The lowest BCUT2D eigenvalue weighted by atomic mass is 10.3. The summed E-state index contributed by atoms with van der Waals surface area (Å²) in [4.78, 5) is 24.0. The third-order valence-corrected chi connectivity index (χ3v) is 3.73. The highest BCUT2D eigenvalue weighted by molar-refractivity contribution is 9.10. The van der Waals surface area contributed by atoms with Gasteiger partial charge in [0.1, 0.15) is 5.75 Å². The fourth-order valence-electron chi connectivity index (χ4n) is 1.85. The molecule has 1 amide bonds. The molecule has 0 atom stereocenters. The second kappa shape index (κ2) is 7.06. The zero-order valence-electron chi connectivity index (χ0n) is 11.9. The van der Waals surface area contributed by atoms with Gasteiger partial charge in [-0.15, -0.1) is 0 Å². The maximum absolute atomic E-state index is 12.0. The Labute approximate surface area is 153 Å². The van der Waals surface area contributed by atoms with Gasteiger partial charge in [0.2, 0.25) is 5.76 Å². The highest BCUT2D eigenvalue weighted by atomic mass is 79.9. The van der Waals surface area contributed by atoms with Crippen LogP contribution in [0, 0.1) is 0 Å². The first-order chi connectivity index (χ1) is 11.5. The van der Waals surface area contributed by atoms with E-state index in [1.807, 2.05) is 0 Å². The van der Waals surface area contributed by atoms with E-state index in [9.17, 15) is 9.59 Å². The number of ether oxygens (including phenoxy) is 1. The number of hydrogen-bond acceptors (Lipinski definition) is 5. The van der Waals surface area contributed by atoms with Crippen LogP contribution in [0.1, 0.15) is 21.1 Å². The van der Waals surface area contributed by atoms with Crippen LogP contribution in [0.25, 0.3) is 0 Å². The van der Waals surface area contributed by atoms with Crippen LogP contribution in [0.2, 0.25) is 0 Å². The van der Waals surface area contributed by atoms with Crippen molar-refractivity contribution in [3.8, 4) is 5.75 Å². The molecule has 3 aromatic rings. The number of amides is 1. The quantitative estimate of drug-likeness (QED) is 0.449. The van der Waals surface area contributed by atoms with Gasteiger partial charge in [0.25, 0.3) is 5.91 Å². The molecule has 1 aromatic carbocycles. The number of esters is 1. The normalized spacial score (nSPS) is 10.4. The van der Waals surface area contributed by atoms with Crippen LogP contribution in [-0.4, -0.2) is 11.9 Å². The second-order valence-electron chi connectivity index (χ2n) is 4.58. The number of rotatable bonds is 4. The van der Waals surface area contributed by atoms with E-state index in [1.54, 1.807) is 30.3 Å². The Kier molecular flexibility index (Phi) is 4.86. The number of carbonyl (C=O) groups is 2. The van der Waals surface area contributed by atoms with E-state index in [0.717, 1.165) is 0 Å². The monoisotopic (exact) mass is 453 g/mol. The fraction of sp³-hybridized carbons (Fsp3) is 0. The number of benzene rings is 1. The minimum absolute atomic E-state index is 0.0664. The molecule has 2 heterocycles. The summed E-state index contributed by atoms with van der Waals surface area (Å²) >= 11 is 6.25. The van der Waals surface area contributed by atoms with Crippen molar-refractivity contribution >= 4 is 49.4 Å². The number of carbonyl (C=O) groups excluding carboxylic acids is 2. The molecule has 0 saturated heterocycles. The molecule has 8 heteroatoms. The van der Waals surface area contributed by atoms with Gasteiger partial charge in [-0.3, -0.25) is 4.79 Å². The highest BCUT2D eigenvalue weighted by Gasteiger charge is 2.14. The van der Waals surface area contributed by atoms with Crippen molar-refractivity contribution in [1.82, 2.24) is 0 Å². The Morgan fingerprint density at radius 3 is 2.21 bits per heavy atom.